The highest BCUT2D eigenvalue weighted by molar-refractivity contribution is 5.94. The maximum Gasteiger partial charge on any atom is 0.255 e. The molecule has 0 spiro atoms. The number of aromatic nitrogens is 3. The van der Waals surface area contributed by atoms with Gasteiger partial charge in [-0.2, -0.15) is 15.0 Å². The number of likely N-dealkylation sites (tertiary alicyclic amines) is 1. The molecule has 1 saturated carbocycles. The number of hydrogen-bond donors (Lipinski definition) is 1. The molecule has 3 heterocycles. The van der Waals surface area contributed by atoms with Crippen LogP contribution >= 0.6 is 0 Å². The van der Waals surface area contributed by atoms with Gasteiger partial charge in [-0.25, -0.2) is 4.98 Å². The lowest BCUT2D eigenvalue weighted by Crippen LogP contribution is -2.46. The zero-order chi connectivity index (χ0) is 23.8. The van der Waals surface area contributed by atoms with E-state index in [1.54, 1.807) is 42.7 Å². The zero-order valence-corrected chi connectivity index (χ0v) is 19.5. The van der Waals surface area contributed by atoms with E-state index in [0.717, 1.165) is 43.1 Å². The van der Waals surface area contributed by atoms with Crippen LogP contribution in [0.1, 0.15) is 47.2 Å². The van der Waals surface area contributed by atoms with Crippen LogP contribution in [0.2, 0.25) is 0 Å². The van der Waals surface area contributed by atoms with E-state index in [2.05, 4.69) is 21.1 Å². The number of benzene rings is 1. The quantitative estimate of drug-likeness (QED) is 0.631. The number of aromatic hydroxyl groups is 1. The first-order chi connectivity index (χ1) is 16.5. The van der Waals surface area contributed by atoms with Crippen LogP contribution < -0.4 is 0 Å². The van der Waals surface area contributed by atoms with Gasteiger partial charge in [0.05, 0.1) is 29.0 Å². The van der Waals surface area contributed by atoms with Gasteiger partial charge in [0.15, 0.2) is 5.82 Å². The van der Waals surface area contributed by atoms with Crippen LogP contribution in [0.25, 0.3) is 16.9 Å². The highest BCUT2D eigenvalue weighted by atomic mass is 16.3. The van der Waals surface area contributed by atoms with Gasteiger partial charge >= 0.3 is 0 Å². The number of nitrogens with zero attached hydrogens (tertiary/aromatic N) is 6. The third-order valence-electron chi connectivity index (χ3n) is 7.03. The Kier molecular flexibility index (Phi) is 5.80. The number of hydrogen-bond acceptors (Lipinski definition) is 6. The largest absolute Gasteiger partial charge is 0.493 e. The molecule has 1 aliphatic heterocycles. The molecule has 1 saturated heterocycles. The first-order valence-corrected chi connectivity index (χ1v) is 11.7. The second-order valence-corrected chi connectivity index (χ2v) is 9.25. The Labute approximate surface area is 199 Å². The molecule has 2 aromatic heterocycles. The minimum Gasteiger partial charge on any atom is -0.493 e. The Balaban J connectivity index is 1.30. The molecule has 1 aliphatic carbocycles. The summed E-state index contributed by atoms with van der Waals surface area (Å²) in [5.41, 5.74) is 3.30. The van der Waals surface area contributed by atoms with Crippen LogP contribution in [0, 0.1) is 18.3 Å². The zero-order valence-electron chi connectivity index (χ0n) is 19.5. The highest BCUT2D eigenvalue weighted by Crippen LogP contribution is 2.33. The Bertz CT molecular complexity index is 1250. The molecule has 8 nitrogen and oxygen atoms in total. The van der Waals surface area contributed by atoms with Crippen molar-refractivity contribution in [3.8, 4) is 28.9 Å². The SMILES string of the molecule is Cc1cc(C#N)ccc1-c1cnn(-c2ccc(C(=O)N(C)C3CCN(C4CC4)CC3)cn2)c1O. The molecule has 0 radical (unpaired) electrons. The number of carbonyl (C=O) groups excluding carboxylic acids is 1. The minimum atomic E-state index is -0.0427. The summed E-state index contributed by atoms with van der Waals surface area (Å²) in [4.78, 5) is 21.8. The summed E-state index contributed by atoms with van der Waals surface area (Å²) in [6.45, 7) is 4.01. The lowest BCUT2D eigenvalue weighted by Gasteiger charge is -2.36. The maximum atomic E-state index is 13.0. The van der Waals surface area contributed by atoms with Crippen LogP contribution in [0.4, 0.5) is 0 Å². The molecule has 0 unspecified atom stereocenters. The van der Waals surface area contributed by atoms with Crippen molar-refractivity contribution in [2.45, 2.75) is 44.7 Å². The van der Waals surface area contributed by atoms with Crippen molar-refractivity contribution in [2.24, 2.45) is 0 Å². The van der Waals surface area contributed by atoms with Crippen molar-refractivity contribution >= 4 is 5.91 Å². The molecule has 34 heavy (non-hydrogen) atoms. The highest BCUT2D eigenvalue weighted by Gasteiger charge is 2.33. The van der Waals surface area contributed by atoms with Crippen LogP contribution in [-0.2, 0) is 0 Å². The molecule has 1 N–H and O–H groups in total. The van der Waals surface area contributed by atoms with Crippen LogP contribution in [-0.4, -0.2) is 67.8 Å². The number of amides is 1. The topological polar surface area (TPSA) is 98.3 Å². The van der Waals surface area contributed by atoms with Crippen molar-refractivity contribution in [1.82, 2.24) is 24.6 Å². The van der Waals surface area contributed by atoms with Gasteiger partial charge in [0.25, 0.3) is 5.91 Å². The molecule has 1 amide bonds. The van der Waals surface area contributed by atoms with Crippen molar-refractivity contribution in [2.75, 3.05) is 20.1 Å². The molecular weight excluding hydrogens is 428 g/mol. The molecular formula is C26H28N6O2. The van der Waals surface area contributed by atoms with E-state index >= 15 is 0 Å². The van der Waals surface area contributed by atoms with Crippen LogP contribution in [0.5, 0.6) is 5.88 Å². The number of aryl methyl sites for hydroxylation is 1. The summed E-state index contributed by atoms with van der Waals surface area (Å²) < 4.78 is 1.35. The predicted molar refractivity (Wildman–Crippen MR) is 128 cm³/mol. The Hall–Kier alpha value is -3.70. The Morgan fingerprint density at radius 1 is 1.12 bits per heavy atom. The fourth-order valence-electron chi connectivity index (χ4n) is 4.82. The molecule has 2 aliphatic rings. The van der Waals surface area contributed by atoms with Gasteiger partial charge < -0.3 is 14.9 Å². The van der Waals surface area contributed by atoms with Gasteiger partial charge in [0.2, 0.25) is 5.88 Å². The van der Waals surface area contributed by atoms with Gasteiger partial charge in [-0.05, 0) is 68.0 Å². The van der Waals surface area contributed by atoms with Crippen LogP contribution in [0.15, 0.2) is 42.7 Å². The van der Waals surface area contributed by atoms with E-state index in [9.17, 15) is 9.90 Å². The first kappa shape index (κ1) is 22.1. The molecule has 174 valence electrons. The third kappa shape index (κ3) is 4.15. The predicted octanol–water partition coefficient (Wildman–Crippen LogP) is 3.52. The monoisotopic (exact) mass is 456 g/mol. The van der Waals surface area contributed by atoms with E-state index in [1.807, 2.05) is 18.9 Å². The van der Waals surface area contributed by atoms with Crippen LogP contribution in [0.3, 0.4) is 0 Å². The summed E-state index contributed by atoms with van der Waals surface area (Å²) in [6.07, 6.45) is 7.76. The van der Waals surface area contributed by atoms with Gasteiger partial charge in [-0.1, -0.05) is 6.07 Å². The molecule has 3 aromatic rings. The summed E-state index contributed by atoms with van der Waals surface area (Å²) in [6, 6.07) is 11.9. The smallest absolute Gasteiger partial charge is 0.255 e. The van der Waals surface area contributed by atoms with Crippen molar-refractivity contribution in [3.63, 3.8) is 0 Å². The maximum absolute atomic E-state index is 13.0. The fourth-order valence-corrected chi connectivity index (χ4v) is 4.82. The van der Waals surface area contributed by atoms with E-state index in [0.29, 0.717) is 22.5 Å². The number of pyridine rings is 1. The standard InChI is InChI=1S/C26H28N6O2/c1-17-13-18(14-27)3-7-22(17)23-16-29-32(26(23)34)24-8-4-19(15-28-24)25(33)30(2)20-9-11-31(12-10-20)21-5-6-21/h3-4,7-8,13,15-16,20-21,34H,5-6,9-12H2,1-2H3. The minimum absolute atomic E-state index is 0.0393. The summed E-state index contributed by atoms with van der Waals surface area (Å²) in [7, 11) is 1.87. The Morgan fingerprint density at radius 3 is 2.50 bits per heavy atom. The molecule has 8 heteroatoms. The molecule has 5 rings (SSSR count). The van der Waals surface area contributed by atoms with Crippen molar-refractivity contribution in [1.29, 1.82) is 5.26 Å². The fraction of sp³-hybridized carbons (Fsp3) is 0.385. The first-order valence-electron chi connectivity index (χ1n) is 11.7. The average Bonchev–Trinajstić information content (AvgIpc) is 3.65. The lowest BCUT2D eigenvalue weighted by atomic mass is 10.0. The normalized spacial score (nSPS) is 16.9. The number of carbonyl (C=O) groups is 1. The molecule has 1 aromatic carbocycles. The second kappa shape index (κ2) is 8.92. The molecule has 0 bridgehead atoms. The average molecular weight is 457 g/mol. The van der Waals surface area contributed by atoms with Gasteiger partial charge in [-0.3, -0.25) is 4.79 Å². The van der Waals surface area contributed by atoms with Crippen molar-refractivity contribution in [3.05, 3.63) is 59.4 Å². The Morgan fingerprint density at radius 2 is 1.88 bits per heavy atom. The number of nitriles is 1. The summed E-state index contributed by atoms with van der Waals surface area (Å²) >= 11 is 0. The summed E-state index contributed by atoms with van der Waals surface area (Å²) in [5.74, 6) is 0.341. The van der Waals surface area contributed by atoms with Gasteiger partial charge in [-0.15, -0.1) is 0 Å². The third-order valence-corrected chi connectivity index (χ3v) is 7.03. The number of rotatable bonds is 5. The van der Waals surface area contributed by atoms with E-state index < -0.39 is 0 Å². The van der Waals surface area contributed by atoms with E-state index in [4.69, 9.17) is 5.26 Å². The van der Waals surface area contributed by atoms with E-state index in [1.165, 1.54) is 17.5 Å². The number of piperidine rings is 1. The molecule has 2 fully saturated rings. The van der Waals surface area contributed by atoms with Gasteiger partial charge in [0.1, 0.15) is 0 Å². The van der Waals surface area contributed by atoms with Crippen molar-refractivity contribution < 1.29 is 9.90 Å². The summed E-state index contributed by atoms with van der Waals surface area (Å²) in [5, 5.41) is 24.2. The lowest BCUT2D eigenvalue weighted by molar-refractivity contribution is 0.0636. The second-order valence-electron chi connectivity index (χ2n) is 9.25. The van der Waals surface area contributed by atoms with Gasteiger partial charge in [0, 0.05) is 38.4 Å². The molecule has 0 atom stereocenters. The van der Waals surface area contributed by atoms with E-state index in [-0.39, 0.29) is 17.8 Å².